The van der Waals surface area contributed by atoms with Crippen LogP contribution in [0.3, 0.4) is 0 Å². The average Bonchev–Trinajstić information content (AvgIpc) is 3.51. The van der Waals surface area contributed by atoms with E-state index in [4.69, 9.17) is 14.6 Å². The molecule has 2 aliphatic carbocycles. The van der Waals surface area contributed by atoms with E-state index in [0.29, 0.717) is 38.9 Å². The number of hydrogen-bond acceptors (Lipinski definition) is 8. The van der Waals surface area contributed by atoms with Crippen LogP contribution in [0.5, 0.6) is 0 Å². The first kappa shape index (κ1) is 33.5. The smallest absolute Gasteiger partial charge is 0.339 e. The van der Waals surface area contributed by atoms with E-state index in [9.17, 15) is 39.3 Å². The maximum Gasteiger partial charge on any atom is 0.339 e. The number of aliphatic hydroxyl groups excluding tert-OH is 1. The van der Waals surface area contributed by atoms with Crippen molar-refractivity contribution in [3.8, 4) is 22.3 Å². The molecule has 0 amide bonds. The summed E-state index contributed by atoms with van der Waals surface area (Å²) in [5.41, 5.74) is 5.12. The second-order valence-electron chi connectivity index (χ2n) is 10.9. The quantitative estimate of drug-likeness (QED) is 0.153. The van der Waals surface area contributed by atoms with Gasteiger partial charge in [-0.15, -0.1) is 0 Å². The van der Waals surface area contributed by atoms with Gasteiger partial charge in [0.05, 0.1) is 25.3 Å². The van der Waals surface area contributed by atoms with Crippen LogP contribution < -0.4 is 0 Å². The molecule has 0 saturated carbocycles. The maximum absolute atomic E-state index is 12.8. The molecule has 242 valence electrons. The molecule has 4 N–H and O–H groups in total. The molecule has 2 aliphatic heterocycles. The molecule has 0 saturated heterocycles. The van der Waals surface area contributed by atoms with E-state index in [1.165, 1.54) is 35.7 Å². The van der Waals surface area contributed by atoms with Crippen LogP contribution in [-0.4, -0.2) is 80.2 Å². The molecule has 0 aromatic carbocycles. The maximum atomic E-state index is 12.8. The lowest BCUT2D eigenvalue weighted by molar-refractivity contribution is -0.143. The van der Waals surface area contributed by atoms with E-state index >= 15 is 0 Å². The Labute approximate surface area is 263 Å². The van der Waals surface area contributed by atoms with Crippen LogP contribution in [0, 0.1) is 13.8 Å². The molecule has 46 heavy (non-hydrogen) atoms. The summed E-state index contributed by atoms with van der Waals surface area (Å²) in [5.74, 6) is -4.97. The number of aryl methyl sites for hydroxylation is 2. The second kappa shape index (κ2) is 13.7. The molecule has 13 nitrogen and oxygen atoms in total. The summed E-state index contributed by atoms with van der Waals surface area (Å²) < 4.78 is 12.6. The van der Waals surface area contributed by atoms with Crippen LogP contribution in [0.4, 0.5) is 0 Å². The first-order valence-corrected chi connectivity index (χ1v) is 14.2. The third-order valence-electron chi connectivity index (χ3n) is 7.92. The van der Waals surface area contributed by atoms with Crippen LogP contribution >= 0.6 is 0 Å². The number of esters is 2. The van der Waals surface area contributed by atoms with Crippen LogP contribution in [0.25, 0.3) is 34.4 Å². The zero-order chi connectivity index (χ0) is 33.9. The number of rotatable bonds is 13. The standard InChI is InChI=1S/C33H34N2O11/c1-17-11-19(21-13-34(15-23(28(17)21)32(43)45-3)25(30(39)40)7-8-27(37)38)5-6-20-12-18(2)29-22(20)14-35(16-24(29)33(44)46-4)26(9-10-36)31(41)42/h5-6,11-16,25-26,36H,7-10H2,1-4H3,(H,37,38)(H,39,40)(H,41,42)/b6-5-. The van der Waals surface area contributed by atoms with Crippen LogP contribution in [-0.2, 0) is 23.9 Å². The molecule has 4 aliphatic rings. The highest BCUT2D eigenvalue weighted by Gasteiger charge is 2.29. The average molecular weight is 635 g/mol. The number of carbonyl (C=O) groups is 5. The number of hydrogen-bond donors (Lipinski definition) is 4. The van der Waals surface area contributed by atoms with Gasteiger partial charge in [0.2, 0.25) is 0 Å². The predicted octanol–water partition coefficient (Wildman–Crippen LogP) is 4.36. The lowest BCUT2D eigenvalue weighted by Gasteiger charge is -2.20. The number of carboxylic acid groups (broad SMARTS) is 3. The normalized spacial score (nSPS) is 12.8. The zero-order valence-corrected chi connectivity index (χ0v) is 25.6. The lowest BCUT2D eigenvalue weighted by atomic mass is 9.99. The van der Waals surface area contributed by atoms with E-state index in [-0.39, 0.29) is 24.0 Å². The van der Waals surface area contributed by atoms with Gasteiger partial charge in [-0.05, 0) is 42.5 Å². The molecule has 2 atom stereocenters. The van der Waals surface area contributed by atoms with Gasteiger partial charge >= 0.3 is 29.8 Å². The van der Waals surface area contributed by atoms with Crippen molar-refractivity contribution in [1.29, 1.82) is 0 Å². The number of aliphatic hydroxyl groups is 1. The van der Waals surface area contributed by atoms with Gasteiger partial charge in [-0.3, -0.25) is 4.79 Å². The SMILES string of the molecule is COC(=O)c1cn(C(CCO)C(=O)O)cc2c(/C=C\c3cc(C)c4c(C(=O)OC)cn(C(CCC(=O)O)C(=O)O)cc3-4)cc(C)c1-2. The van der Waals surface area contributed by atoms with Crippen LogP contribution in [0.15, 0.2) is 36.9 Å². The molecular formula is C33H34N2O11. The number of carbonyl (C=O) groups excluding carboxylic acids is 2. The summed E-state index contributed by atoms with van der Waals surface area (Å²) in [6.45, 7) is 3.20. The zero-order valence-electron chi connectivity index (χ0n) is 25.6. The highest BCUT2D eigenvalue weighted by molar-refractivity contribution is 6.03. The molecular weight excluding hydrogens is 600 g/mol. The van der Waals surface area contributed by atoms with Gasteiger partial charge < -0.3 is 39.0 Å². The van der Waals surface area contributed by atoms with E-state index < -0.39 is 55.0 Å². The molecule has 2 unspecified atom stereocenters. The minimum Gasteiger partial charge on any atom is -0.481 e. The number of fused-ring (bicyclic) bond motifs is 2. The van der Waals surface area contributed by atoms with E-state index in [1.807, 2.05) is 12.1 Å². The van der Waals surface area contributed by atoms with Gasteiger partial charge in [0, 0.05) is 66.5 Å². The summed E-state index contributed by atoms with van der Waals surface area (Å²) in [4.78, 5) is 61.0. The van der Waals surface area contributed by atoms with Gasteiger partial charge in [-0.2, -0.15) is 0 Å². The Balaban J connectivity index is 1.90. The lowest BCUT2D eigenvalue weighted by Crippen LogP contribution is -2.22. The number of aliphatic carboxylic acids is 3. The molecule has 0 aromatic heterocycles. The summed E-state index contributed by atoms with van der Waals surface area (Å²) in [6.07, 6.45) is 8.68. The summed E-state index contributed by atoms with van der Waals surface area (Å²) in [7, 11) is 2.43. The molecule has 0 spiro atoms. The minimum atomic E-state index is -1.27. The van der Waals surface area contributed by atoms with Gasteiger partial charge in [0.1, 0.15) is 12.1 Å². The Kier molecular flexibility index (Phi) is 9.96. The fourth-order valence-corrected chi connectivity index (χ4v) is 5.80. The summed E-state index contributed by atoms with van der Waals surface area (Å²) >= 11 is 0. The molecule has 13 heteroatoms. The predicted molar refractivity (Wildman–Crippen MR) is 165 cm³/mol. The number of aromatic nitrogens is 2. The van der Waals surface area contributed by atoms with Crippen molar-refractivity contribution in [3.05, 3.63) is 70.3 Å². The Morgan fingerprint density at radius 1 is 0.717 bits per heavy atom. The van der Waals surface area contributed by atoms with E-state index in [1.54, 1.807) is 38.4 Å². The number of nitrogens with zero attached hydrogens (tertiary/aromatic N) is 2. The van der Waals surface area contributed by atoms with Gasteiger partial charge in [-0.1, -0.05) is 24.3 Å². The summed E-state index contributed by atoms with van der Waals surface area (Å²) in [5, 5.41) is 38.4. The van der Waals surface area contributed by atoms with Crippen LogP contribution in [0.1, 0.15) is 74.3 Å². The Morgan fingerprint density at radius 3 is 1.48 bits per heavy atom. The Hall–Kier alpha value is -5.43. The highest BCUT2D eigenvalue weighted by atomic mass is 16.5. The number of methoxy groups -OCH3 is 2. The van der Waals surface area contributed by atoms with Crippen LogP contribution in [0.2, 0.25) is 0 Å². The van der Waals surface area contributed by atoms with Crippen molar-refractivity contribution in [2.45, 2.75) is 45.2 Å². The van der Waals surface area contributed by atoms with Crippen molar-refractivity contribution in [1.82, 2.24) is 9.13 Å². The summed E-state index contributed by atoms with van der Waals surface area (Å²) in [6, 6.07) is 1.21. The third-order valence-corrected chi connectivity index (χ3v) is 7.92. The van der Waals surface area contributed by atoms with Gasteiger partial charge in [-0.25, -0.2) is 19.2 Å². The number of ether oxygens (including phenoxy) is 2. The number of carboxylic acids is 3. The molecule has 4 rings (SSSR count). The van der Waals surface area contributed by atoms with Crippen molar-refractivity contribution >= 4 is 42.0 Å². The fourth-order valence-electron chi connectivity index (χ4n) is 5.80. The molecule has 0 fully saturated rings. The van der Waals surface area contributed by atoms with E-state index in [0.717, 1.165) is 5.56 Å². The Morgan fingerprint density at radius 2 is 1.13 bits per heavy atom. The third kappa shape index (κ3) is 6.49. The molecule has 0 radical (unpaired) electrons. The fraction of sp³-hybridized carbons (Fsp3) is 0.303. The minimum absolute atomic E-state index is 0.0951. The van der Waals surface area contributed by atoms with Gasteiger partial charge in [0.15, 0.2) is 0 Å². The van der Waals surface area contributed by atoms with E-state index in [2.05, 4.69) is 0 Å². The van der Waals surface area contributed by atoms with Crippen molar-refractivity contribution < 1.29 is 53.9 Å². The highest BCUT2D eigenvalue weighted by Crippen LogP contribution is 2.40. The number of pyridine rings is 2. The van der Waals surface area contributed by atoms with Crippen molar-refractivity contribution in [2.24, 2.45) is 0 Å². The molecule has 0 bridgehead atoms. The molecule has 0 aromatic rings. The molecule has 2 heterocycles. The second-order valence-corrected chi connectivity index (χ2v) is 10.9. The largest absolute Gasteiger partial charge is 0.481 e. The first-order valence-electron chi connectivity index (χ1n) is 14.2. The van der Waals surface area contributed by atoms with Crippen molar-refractivity contribution in [2.75, 3.05) is 20.8 Å². The van der Waals surface area contributed by atoms with Gasteiger partial charge in [0.25, 0.3) is 0 Å². The topological polar surface area (TPSA) is 195 Å². The first-order chi connectivity index (χ1) is 21.8. The Bertz CT molecular complexity index is 1790. The monoisotopic (exact) mass is 634 g/mol. The van der Waals surface area contributed by atoms with Crippen molar-refractivity contribution in [3.63, 3.8) is 0 Å².